The molecule has 0 spiro atoms. The molecule has 0 aliphatic heterocycles. The number of rotatable bonds is 3. The lowest BCUT2D eigenvalue weighted by atomic mass is 10.2. The Bertz CT molecular complexity index is 204. The van der Waals surface area contributed by atoms with Gasteiger partial charge in [-0.05, 0) is 24.6 Å². The summed E-state index contributed by atoms with van der Waals surface area (Å²) in [4.78, 5) is 0. The fourth-order valence-electron chi connectivity index (χ4n) is 0.858. The van der Waals surface area contributed by atoms with Crippen LogP contribution in [-0.4, -0.2) is 11.7 Å². The Kier molecular flexibility index (Phi) is 7.02. The van der Waals surface area contributed by atoms with E-state index in [-0.39, 0.29) is 6.61 Å². The molecule has 1 rings (SSSR count). The topological polar surface area (TPSA) is 29.5 Å². The third-order valence-electron chi connectivity index (χ3n) is 1.42. The van der Waals surface area contributed by atoms with E-state index in [1.165, 1.54) is 0 Å². The fourth-order valence-corrected chi connectivity index (χ4v) is 0.858. The van der Waals surface area contributed by atoms with E-state index in [1.54, 1.807) is 0 Å². The molecular weight excluding hydrogens is 164 g/mol. The van der Waals surface area contributed by atoms with Gasteiger partial charge in [-0.3, -0.25) is 0 Å². The van der Waals surface area contributed by atoms with Gasteiger partial charge in [0, 0.05) is 0 Å². The highest BCUT2D eigenvalue weighted by Crippen LogP contribution is 2.11. The Labute approximate surface area is 80.2 Å². The van der Waals surface area contributed by atoms with E-state index in [0.717, 1.165) is 11.3 Å². The van der Waals surface area contributed by atoms with Crippen molar-refractivity contribution in [2.24, 2.45) is 0 Å². The largest absolute Gasteiger partial charge is 0.494 e. The molecule has 2 heteroatoms. The molecule has 0 amide bonds. The van der Waals surface area contributed by atoms with Crippen molar-refractivity contribution in [1.82, 2.24) is 0 Å². The maximum atomic E-state index is 8.72. The minimum absolute atomic E-state index is 0.0897. The molecule has 0 aliphatic rings. The smallest absolute Gasteiger partial charge is 0.119 e. The summed E-state index contributed by atoms with van der Waals surface area (Å²) in [6.45, 7) is 6.71. The first kappa shape index (κ1) is 12.0. The summed E-state index contributed by atoms with van der Waals surface area (Å²) in [6.07, 6.45) is 0. The van der Waals surface area contributed by atoms with Crippen LogP contribution in [0.1, 0.15) is 26.3 Å². The zero-order valence-corrected chi connectivity index (χ0v) is 8.58. The monoisotopic (exact) mass is 182 g/mol. The van der Waals surface area contributed by atoms with Crippen LogP contribution in [0, 0.1) is 0 Å². The van der Waals surface area contributed by atoms with Crippen LogP contribution in [0.4, 0.5) is 0 Å². The first-order valence-electron chi connectivity index (χ1n) is 4.69. The van der Waals surface area contributed by atoms with E-state index < -0.39 is 0 Å². The van der Waals surface area contributed by atoms with Crippen molar-refractivity contribution in [3.63, 3.8) is 0 Å². The molecule has 0 heterocycles. The van der Waals surface area contributed by atoms with Gasteiger partial charge in [0.15, 0.2) is 0 Å². The SMILES string of the molecule is CC.CCOc1ccc(CO)cc1. The molecular formula is C11H18O2. The second kappa shape index (κ2) is 7.62. The van der Waals surface area contributed by atoms with Gasteiger partial charge in [0.05, 0.1) is 13.2 Å². The van der Waals surface area contributed by atoms with Gasteiger partial charge in [-0.1, -0.05) is 26.0 Å². The van der Waals surface area contributed by atoms with Gasteiger partial charge < -0.3 is 9.84 Å². The van der Waals surface area contributed by atoms with Crippen molar-refractivity contribution in [3.05, 3.63) is 29.8 Å². The lowest BCUT2D eigenvalue weighted by molar-refractivity contribution is 0.281. The van der Waals surface area contributed by atoms with Crippen LogP contribution in [0.3, 0.4) is 0 Å². The molecule has 0 aliphatic carbocycles. The summed E-state index contributed by atoms with van der Waals surface area (Å²) >= 11 is 0. The first-order chi connectivity index (χ1) is 6.36. The fraction of sp³-hybridized carbons (Fsp3) is 0.455. The zero-order chi connectivity index (χ0) is 10.1. The summed E-state index contributed by atoms with van der Waals surface area (Å²) < 4.78 is 5.22. The summed E-state index contributed by atoms with van der Waals surface area (Å²) in [5.41, 5.74) is 0.911. The lowest BCUT2D eigenvalue weighted by Crippen LogP contribution is -1.91. The summed E-state index contributed by atoms with van der Waals surface area (Å²) in [5, 5.41) is 8.72. The van der Waals surface area contributed by atoms with Gasteiger partial charge in [-0.15, -0.1) is 0 Å². The van der Waals surface area contributed by atoms with Gasteiger partial charge in [0.25, 0.3) is 0 Å². The normalized spacial score (nSPS) is 8.62. The highest BCUT2D eigenvalue weighted by molar-refractivity contribution is 5.26. The van der Waals surface area contributed by atoms with E-state index >= 15 is 0 Å². The van der Waals surface area contributed by atoms with Crippen LogP contribution in [0.15, 0.2) is 24.3 Å². The van der Waals surface area contributed by atoms with Crippen LogP contribution in [0.2, 0.25) is 0 Å². The highest BCUT2D eigenvalue weighted by atomic mass is 16.5. The molecule has 1 aromatic rings. The van der Waals surface area contributed by atoms with Gasteiger partial charge in [-0.25, -0.2) is 0 Å². The number of ether oxygens (including phenoxy) is 1. The molecule has 0 radical (unpaired) electrons. The molecule has 2 nitrogen and oxygen atoms in total. The minimum Gasteiger partial charge on any atom is -0.494 e. The minimum atomic E-state index is 0.0897. The van der Waals surface area contributed by atoms with Crippen molar-refractivity contribution in [1.29, 1.82) is 0 Å². The zero-order valence-electron chi connectivity index (χ0n) is 8.58. The molecule has 0 unspecified atom stereocenters. The van der Waals surface area contributed by atoms with Crippen LogP contribution >= 0.6 is 0 Å². The predicted molar refractivity (Wildman–Crippen MR) is 54.9 cm³/mol. The van der Waals surface area contributed by atoms with Gasteiger partial charge in [-0.2, -0.15) is 0 Å². The van der Waals surface area contributed by atoms with Crippen LogP contribution in [-0.2, 0) is 6.61 Å². The number of hydrogen-bond donors (Lipinski definition) is 1. The van der Waals surface area contributed by atoms with Gasteiger partial charge in [0.2, 0.25) is 0 Å². The van der Waals surface area contributed by atoms with E-state index in [2.05, 4.69) is 0 Å². The van der Waals surface area contributed by atoms with Crippen molar-refractivity contribution in [2.75, 3.05) is 6.61 Å². The molecule has 1 aromatic carbocycles. The third kappa shape index (κ3) is 4.53. The maximum Gasteiger partial charge on any atom is 0.119 e. The number of aliphatic hydroxyl groups excluding tert-OH is 1. The van der Waals surface area contributed by atoms with Crippen molar-refractivity contribution < 1.29 is 9.84 Å². The van der Waals surface area contributed by atoms with Crippen molar-refractivity contribution >= 4 is 0 Å². The molecule has 0 fully saturated rings. The molecule has 0 bridgehead atoms. The molecule has 74 valence electrons. The number of benzene rings is 1. The van der Waals surface area contributed by atoms with Gasteiger partial charge >= 0.3 is 0 Å². The quantitative estimate of drug-likeness (QED) is 0.778. The third-order valence-corrected chi connectivity index (χ3v) is 1.42. The Morgan fingerprint density at radius 1 is 1.15 bits per heavy atom. The van der Waals surface area contributed by atoms with Crippen LogP contribution in [0.25, 0.3) is 0 Å². The van der Waals surface area contributed by atoms with Crippen molar-refractivity contribution in [2.45, 2.75) is 27.4 Å². The van der Waals surface area contributed by atoms with Crippen LogP contribution < -0.4 is 4.74 Å². The lowest BCUT2D eigenvalue weighted by Gasteiger charge is -2.02. The molecule has 0 saturated heterocycles. The van der Waals surface area contributed by atoms with E-state index in [9.17, 15) is 0 Å². The molecule has 1 N–H and O–H groups in total. The average molecular weight is 182 g/mol. The Balaban J connectivity index is 0.000000671. The Morgan fingerprint density at radius 3 is 2.08 bits per heavy atom. The molecule has 0 aromatic heterocycles. The van der Waals surface area contributed by atoms with Crippen LogP contribution in [0.5, 0.6) is 5.75 Å². The summed E-state index contributed by atoms with van der Waals surface area (Å²) in [6, 6.07) is 7.42. The van der Waals surface area contributed by atoms with Gasteiger partial charge in [0.1, 0.15) is 5.75 Å². The number of hydrogen-bond acceptors (Lipinski definition) is 2. The van der Waals surface area contributed by atoms with E-state index in [4.69, 9.17) is 9.84 Å². The van der Waals surface area contributed by atoms with Crippen molar-refractivity contribution in [3.8, 4) is 5.75 Å². The average Bonchev–Trinajstić information content (AvgIpc) is 2.23. The second-order valence-corrected chi connectivity index (χ2v) is 2.24. The molecule has 13 heavy (non-hydrogen) atoms. The molecule has 0 atom stereocenters. The molecule has 0 saturated carbocycles. The van der Waals surface area contributed by atoms with E-state index in [1.807, 2.05) is 45.0 Å². The van der Waals surface area contributed by atoms with E-state index in [0.29, 0.717) is 6.61 Å². The first-order valence-corrected chi connectivity index (χ1v) is 4.69. The second-order valence-electron chi connectivity index (χ2n) is 2.24. The predicted octanol–water partition coefficient (Wildman–Crippen LogP) is 2.60. The summed E-state index contributed by atoms with van der Waals surface area (Å²) in [7, 11) is 0. The standard InChI is InChI=1S/C9H12O2.C2H6/c1-2-11-9-5-3-8(7-10)4-6-9;1-2/h3-6,10H,2,7H2,1H3;1-2H3. The summed E-state index contributed by atoms with van der Waals surface area (Å²) in [5.74, 6) is 0.852. The number of aliphatic hydroxyl groups is 1. The maximum absolute atomic E-state index is 8.72. The Hall–Kier alpha value is -1.02. The highest BCUT2D eigenvalue weighted by Gasteiger charge is 1.91. The Morgan fingerprint density at radius 2 is 1.69 bits per heavy atom.